The average molecular weight is 482 g/mol. The molecule has 0 saturated heterocycles. The van der Waals surface area contributed by atoms with Crippen LogP contribution in [0.5, 0.6) is 5.75 Å². The fraction of sp³-hybridized carbons (Fsp3) is 0.280. The molecule has 4 aromatic rings. The van der Waals surface area contributed by atoms with Gasteiger partial charge in [-0.25, -0.2) is 9.97 Å². The zero-order valence-corrected chi connectivity index (χ0v) is 19.1. The van der Waals surface area contributed by atoms with E-state index in [1.807, 2.05) is 30.3 Å². The zero-order valence-electron chi connectivity index (χ0n) is 19.1. The van der Waals surface area contributed by atoms with Crippen LogP contribution in [0, 0.1) is 0 Å². The second-order valence-electron chi connectivity index (χ2n) is 8.27. The van der Waals surface area contributed by atoms with Crippen molar-refractivity contribution >= 4 is 22.6 Å². The van der Waals surface area contributed by atoms with Crippen LogP contribution in [0.4, 0.5) is 14.5 Å². The number of Topliss-reactive ketones (excluding diaryl/α,β-unsaturated/α-hetero) is 1. The molecular weight excluding hydrogens is 456 g/mol. The van der Waals surface area contributed by atoms with Crippen LogP contribution in [0.25, 0.3) is 11.2 Å². The molecule has 8 nitrogen and oxygen atoms in total. The standard InChI is InChI=1S/C25H25F2N5O3/c1-15(33)19(9-5-8-16-6-3-2-4-7-16)32-14-29-22-23(32)30-21(31-24(22)34)13-17-10-11-20(18(28)12-17)35-25(26)27/h2-4,6-7,10-12,14,19,25H,5,8-9,13,28H2,1H3,(H,30,31,34). The van der Waals surface area contributed by atoms with Crippen LogP contribution in [0.1, 0.15) is 42.8 Å². The van der Waals surface area contributed by atoms with Crippen LogP contribution in [-0.4, -0.2) is 31.9 Å². The van der Waals surface area contributed by atoms with Crippen molar-refractivity contribution in [2.24, 2.45) is 0 Å². The smallest absolute Gasteiger partial charge is 0.387 e. The number of nitrogen functional groups attached to an aromatic ring is 1. The van der Waals surface area contributed by atoms with Gasteiger partial charge in [0.2, 0.25) is 0 Å². The fourth-order valence-corrected chi connectivity index (χ4v) is 4.07. The van der Waals surface area contributed by atoms with Gasteiger partial charge in [0.05, 0.1) is 18.1 Å². The summed E-state index contributed by atoms with van der Waals surface area (Å²) in [6.45, 7) is -1.47. The van der Waals surface area contributed by atoms with E-state index in [0.717, 1.165) is 12.8 Å². The lowest BCUT2D eigenvalue weighted by molar-refractivity contribution is -0.120. The number of aromatic amines is 1. The summed E-state index contributed by atoms with van der Waals surface area (Å²) >= 11 is 0. The van der Waals surface area contributed by atoms with Crippen LogP contribution in [0.2, 0.25) is 0 Å². The number of ketones is 1. The van der Waals surface area contributed by atoms with E-state index < -0.39 is 18.2 Å². The summed E-state index contributed by atoms with van der Waals surface area (Å²) in [7, 11) is 0. The molecule has 0 saturated carbocycles. The monoisotopic (exact) mass is 481 g/mol. The van der Waals surface area contributed by atoms with E-state index >= 15 is 0 Å². The first-order valence-corrected chi connectivity index (χ1v) is 11.1. The first-order chi connectivity index (χ1) is 16.8. The van der Waals surface area contributed by atoms with Gasteiger partial charge >= 0.3 is 6.61 Å². The number of carbonyl (C=O) groups excluding carboxylic acids is 1. The van der Waals surface area contributed by atoms with E-state index in [0.29, 0.717) is 23.5 Å². The van der Waals surface area contributed by atoms with Crippen molar-refractivity contribution in [3.63, 3.8) is 0 Å². The number of hydrogen-bond donors (Lipinski definition) is 2. The first kappa shape index (κ1) is 24.1. The Hall–Kier alpha value is -4.08. The molecule has 35 heavy (non-hydrogen) atoms. The van der Waals surface area contributed by atoms with Gasteiger partial charge in [-0.2, -0.15) is 8.78 Å². The molecule has 1 unspecified atom stereocenters. The van der Waals surface area contributed by atoms with Crippen LogP contribution >= 0.6 is 0 Å². The predicted molar refractivity (Wildman–Crippen MR) is 128 cm³/mol. The summed E-state index contributed by atoms with van der Waals surface area (Å²) < 4.78 is 31.0. The van der Waals surface area contributed by atoms with Crippen LogP contribution in [0.15, 0.2) is 59.7 Å². The molecule has 182 valence electrons. The Morgan fingerprint density at radius 1 is 1.17 bits per heavy atom. The van der Waals surface area contributed by atoms with Crippen LogP contribution in [0.3, 0.4) is 0 Å². The SMILES string of the molecule is CC(=O)C(CCCc1ccccc1)n1cnc2c(=O)[nH]c(Cc3ccc(OC(F)F)c(N)c3)nc21. The normalized spacial score (nSPS) is 12.2. The largest absolute Gasteiger partial charge is 0.433 e. The van der Waals surface area contributed by atoms with E-state index in [1.54, 1.807) is 10.6 Å². The van der Waals surface area contributed by atoms with Gasteiger partial charge in [0.1, 0.15) is 11.6 Å². The van der Waals surface area contributed by atoms with Crippen molar-refractivity contribution in [3.05, 3.63) is 82.2 Å². The molecule has 0 aliphatic heterocycles. The maximum atomic E-state index is 12.7. The fourth-order valence-electron chi connectivity index (χ4n) is 4.07. The Labute approximate surface area is 199 Å². The number of fused-ring (bicyclic) bond motifs is 1. The predicted octanol–water partition coefficient (Wildman–Crippen LogP) is 4.05. The number of halogens is 2. The van der Waals surface area contributed by atoms with Gasteiger partial charge in [0, 0.05) is 6.42 Å². The van der Waals surface area contributed by atoms with Gasteiger partial charge in [-0.05, 0) is 49.4 Å². The summed E-state index contributed by atoms with van der Waals surface area (Å²) in [5.41, 5.74) is 7.71. The van der Waals surface area contributed by atoms with Gasteiger partial charge < -0.3 is 20.0 Å². The Kier molecular flexibility index (Phi) is 7.19. The maximum Gasteiger partial charge on any atom is 0.387 e. The number of H-pyrrole nitrogens is 1. The number of alkyl halides is 2. The van der Waals surface area contributed by atoms with Crippen molar-refractivity contribution in [1.29, 1.82) is 0 Å². The number of rotatable bonds is 10. The lowest BCUT2D eigenvalue weighted by Gasteiger charge is -2.16. The molecule has 0 spiro atoms. The maximum absolute atomic E-state index is 12.7. The zero-order chi connectivity index (χ0) is 24.9. The highest BCUT2D eigenvalue weighted by Crippen LogP contribution is 2.26. The van der Waals surface area contributed by atoms with E-state index in [-0.39, 0.29) is 29.2 Å². The summed E-state index contributed by atoms with van der Waals surface area (Å²) in [5, 5.41) is 0. The van der Waals surface area contributed by atoms with Crippen molar-refractivity contribution in [2.45, 2.75) is 45.3 Å². The number of nitrogens with two attached hydrogens (primary N) is 1. The number of benzene rings is 2. The Morgan fingerprint density at radius 2 is 1.94 bits per heavy atom. The molecule has 4 rings (SSSR count). The van der Waals surface area contributed by atoms with Crippen molar-refractivity contribution in [2.75, 3.05) is 5.73 Å². The number of nitrogens with zero attached hydrogens (tertiary/aromatic N) is 3. The van der Waals surface area contributed by atoms with E-state index in [4.69, 9.17) is 5.73 Å². The summed E-state index contributed by atoms with van der Waals surface area (Å²) in [4.78, 5) is 36.6. The Bertz CT molecular complexity index is 1390. The van der Waals surface area contributed by atoms with Crippen LogP contribution in [-0.2, 0) is 17.6 Å². The molecule has 2 heterocycles. The third-order valence-electron chi connectivity index (χ3n) is 5.73. The number of carbonyl (C=O) groups is 1. The molecule has 0 radical (unpaired) electrons. The van der Waals surface area contributed by atoms with Gasteiger partial charge in [0.15, 0.2) is 16.9 Å². The van der Waals surface area contributed by atoms with Crippen molar-refractivity contribution < 1.29 is 18.3 Å². The van der Waals surface area contributed by atoms with E-state index in [2.05, 4.69) is 19.7 Å². The van der Waals surface area contributed by atoms with Gasteiger partial charge in [-0.15, -0.1) is 0 Å². The summed E-state index contributed by atoms with van der Waals surface area (Å²) in [6.07, 6.45) is 3.83. The molecule has 0 aliphatic carbocycles. The molecule has 0 amide bonds. The topological polar surface area (TPSA) is 116 Å². The van der Waals surface area contributed by atoms with Gasteiger partial charge in [-0.3, -0.25) is 9.59 Å². The molecule has 0 bridgehead atoms. The number of hydrogen-bond acceptors (Lipinski definition) is 6. The lowest BCUT2D eigenvalue weighted by atomic mass is 10.0. The van der Waals surface area contributed by atoms with E-state index in [1.165, 1.54) is 30.9 Å². The number of anilines is 1. The minimum absolute atomic E-state index is 0.0475. The molecule has 0 aliphatic rings. The minimum atomic E-state index is -2.98. The Balaban J connectivity index is 1.58. The molecule has 2 aromatic heterocycles. The quantitative estimate of drug-likeness (QED) is 0.330. The molecule has 0 fully saturated rings. The number of ether oxygens (including phenoxy) is 1. The number of imidazole rings is 1. The second-order valence-corrected chi connectivity index (χ2v) is 8.27. The molecular formula is C25H25F2N5O3. The summed E-state index contributed by atoms with van der Waals surface area (Å²) in [6, 6.07) is 13.9. The second kappa shape index (κ2) is 10.5. The third kappa shape index (κ3) is 5.71. The first-order valence-electron chi connectivity index (χ1n) is 11.1. The highest BCUT2D eigenvalue weighted by atomic mass is 19.3. The van der Waals surface area contributed by atoms with Gasteiger partial charge in [-0.1, -0.05) is 36.4 Å². The van der Waals surface area contributed by atoms with Crippen molar-refractivity contribution in [3.8, 4) is 5.75 Å². The number of nitrogens with one attached hydrogen (secondary N) is 1. The molecule has 2 aromatic carbocycles. The minimum Gasteiger partial charge on any atom is -0.433 e. The average Bonchev–Trinajstić information content (AvgIpc) is 3.23. The number of aryl methyl sites for hydroxylation is 1. The molecule has 1 atom stereocenters. The van der Waals surface area contributed by atoms with E-state index in [9.17, 15) is 18.4 Å². The van der Waals surface area contributed by atoms with Gasteiger partial charge in [0.25, 0.3) is 5.56 Å². The highest BCUT2D eigenvalue weighted by molar-refractivity contribution is 5.82. The highest BCUT2D eigenvalue weighted by Gasteiger charge is 2.21. The molecule has 10 heteroatoms. The molecule has 3 N–H and O–H groups in total. The van der Waals surface area contributed by atoms with Crippen molar-refractivity contribution in [1.82, 2.24) is 19.5 Å². The number of aromatic nitrogens is 4. The summed E-state index contributed by atoms with van der Waals surface area (Å²) in [5.74, 6) is 0.152. The van der Waals surface area contributed by atoms with Crippen LogP contribution < -0.4 is 16.0 Å². The third-order valence-corrected chi connectivity index (χ3v) is 5.73. The lowest BCUT2D eigenvalue weighted by Crippen LogP contribution is -2.19. The Morgan fingerprint density at radius 3 is 2.63 bits per heavy atom.